The second-order valence-electron chi connectivity index (χ2n) is 7.01. The maximum atomic E-state index is 12.4. The Hall–Kier alpha value is -2.48. The predicted octanol–water partition coefficient (Wildman–Crippen LogP) is 3.42. The third-order valence-corrected chi connectivity index (χ3v) is 5.79. The van der Waals surface area contributed by atoms with Gasteiger partial charge in [0.25, 0.3) is 5.91 Å². The fraction of sp³-hybridized carbons (Fsp3) is 0.450. The highest BCUT2D eigenvalue weighted by molar-refractivity contribution is 7.98. The Morgan fingerprint density at radius 2 is 2.00 bits per heavy atom. The van der Waals surface area contributed by atoms with E-state index in [1.807, 2.05) is 30.5 Å². The zero-order valence-corrected chi connectivity index (χ0v) is 16.8. The first-order valence-corrected chi connectivity index (χ1v) is 11.0. The van der Waals surface area contributed by atoms with Gasteiger partial charge in [0, 0.05) is 19.0 Å². The molecule has 2 heterocycles. The van der Waals surface area contributed by atoms with Crippen molar-refractivity contribution in [1.29, 1.82) is 0 Å². The molecule has 1 N–H and O–H groups in total. The first-order chi connectivity index (χ1) is 13.8. The van der Waals surface area contributed by atoms with Crippen LogP contribution in [0.5, 0.6) is 0 Å². The Balaban J connectivity index is 1.34. The number of hydrogen-bond donors (Lipinski definition) is 1. The number of aromatic nitrogens is 5. The minimum absolute atomic E-state index is 0.194. The van der Waals surface area contributed by atoms with E-state index in [9.17, 15) is 4.79 Å². The molecule has 4 rings (SSSR count). The summed E-state index contributed by atoms with van der Waals surface area (Å²) in [6.07, 6.45) is 10.1. The van der Waals surface area contributed by atoms with Crippen LogP contribution in [0.1, 0.15) is 54.5 Å². The third kappa shape index (κ3) is 4.01. The summed E-state index contributed by atoms with van der Waals surface area (Å²) in [5, 5.41) is 12.7. The second-order valence-corrected chi connectivity index (χ2v) is 7.79. The van der Waals surface area contributed by atoms with Gasteiger partial charge in [-0.2, -0.15) is 0 Å². The van der Waals surface area contributed by atoms with Gasteiger partial charge in [-0.05, 0) is 37.7 Å². The third-order valence-electron chi connectivity index (χ3n) is 5.15. The second kappa shape index (κ2) is 8.68. The van der Waals surface area contributed by atoms with Crippen molar-refractivity contribution in [3.8, 4) is 0 Å². The molecule has 8 heteroatoms. The van der Waals surface area contributed by atoms with E-state index in [2.05, 4.69) is 30.0 Å². The molecule has 1 aliphatic rings. The lowest BCUT2D eigenvalue weighted by molar-refractivity contribution is 0.0948. The lowest BCUT2D eigenvalue weighted by Crippen LogP contribution is -2.26. The van der Waals surface area contributed by atoms with Crippen molar-refractivity contribution in [1.82, 2.24) is 30.0 Å². The zero-order valence-electron chi connectivity index (χ0n) is 16.0. The summed E-state index contributed by atoms with van der Waals surface area (Å²) in [7, 11) is 0. The monoisotopic (exact) mass is 396 g/mol. The van der Waals surface area contributed by atoms with Crippen LogP contribution in [-0.2, 0) is 6.42 Å². The molecule has 0 unspecified atom stereocenters. The standard InChI is InChI=1S/C20H24N6OS/c1-28-20-25-24-18(26(20)14-7-2-3-8-14)11-6-12-21-19(27)17-13-22-15-9-4-5-10-16(15)23-17/h4-5,9-10,13-14H,2-3,6-8,11-12H2,1H3,(H,21,27). The lowest BCUT2D eigenvalue weighted by Gasteiger charge is -2.16. The van der Waals surface area contributed by atoms with Gasteiger partial charge in [0.2, 0.25) is 0 Å². The minimum atomic E-state index is -0.194. The molecular weight excluding hydrogens is 372 g/mol. The quantitative estimate of drug-likeness (QED) is 0.486. The predicted molar refractivity (Wildman–Crippen MR) is 110 cm³/mol. The normalized spacial score (nSPS) is 14.6. The first-order valence-electron chi connectivity index (χ1n) is 9.74. The summed E-state index contributed by atoms with van der Waals surface area (Å²) >= 11 is 1.65. The van der Waals surface area contributed by atoms with E-state index in [0.717, 1.165) is 34.9 Å². The molecule has 1 aromatic carbocycles. The highest BCUT2D eigenvalue weighted by Gasteiger charge is 2.23. The summed E-state index contributed by atoms with van der Waals surface area (Å²) in [4.78, 5) is 21.1. The molecule has 0 bridgehead atoms. The number of rotatable bonds is 7. The Morgan fingerprint density at radius 1 is 1.21 bits per heavy atom. The molecule has 146 valence electrons. The highest BCUT2D eigenvalue weighted by atomic mass is 32.2. The van der Waals surface area contributed by atoms with Crippen molar-refractivity contribution in [3.05, 3.63) is 42.0 Å². The molecule has 0 spiro atoms. The fourth-order valence-electron chi connectivity index (χ4n) is 3.75. The minimum Gasteiger partial charge on any atom is -0.351 e. The summed E-state index contributed by atoms with van der Waals surface area (Å²) in [5.41, 5.74) is 1.86. The molecule has 3 aromatic rings. The molecule has 1 amide bonds. The van der Waals surface area contributed by atoms with Crippen LogP contribution in [0.4, 0.5) is 0 Å². The number of nitrogens with one attached hydrogen (secondary N) is 1. The largest absolute Gasteiger partial charge is 0.351 e. The molecule has 28 heavy (non-hydrogen) atoms. The van der Waals surface area contributed by atoms with E-state index in [-0.39, 0.29) is 5.91 Å². The summed E-state index contributed by atoms with van der Waals surface area (Å²) in [5.74, 6) is 0.830. The summed E-state index contributed by atoms with van der Waals surface area (Å²) < 4.78 is 2.31. The van der Waals surface area contributed by atoms with Crippen LogP contribution in [0.2, 0.25) is 0 Å². The Morgan fingerprint density at radius 3 is 2.79 bits per heavy atom. The molecule has 1 aliphatic carbocycles. The Labute approximate surface area is 168 Å². The van der Waals surface area contributed by atoms with Gasteiger partial charge in [0.05, 0.1) is 17.2 Å². The SMILES string of the molecule is CSc1nnc(CCCNC(=O)c2cnc3ccccc3n2)n1C1CCCC1. The number of fused-ring (bicyclic) bond motifs is 1. The van der Waals surface area contributed by atoms with Crippen molar-refractivity contribution in [2.75, 3.05) is 12.8 Å². The maximum Gasteiger partial charge on any atom is 0.271 e. The van der Waals surface area contributed by atoms with Crippen LogP contribution in [0.3, 0.4) is 0 Å². The zero-order chi connectivity index (χ0) is 19.3. The average Bonchev–Trinajstić information content (AvgIpc) is 3.39. The molecule has 1 saturated carbocycles. The maximum absolute atomic E-state index is 12.4. The average molecular weight is 397 g/mol. The van der Waals surface area contributed by atoms with Crippen molar-refractivity contribution in [3.63, 3.8) is 0 Å². The van der Waals surface area contributed by atoms with Crippen molar-refractivity contribution in [2.24, 2.45) is 0 Å². The number of carbonyl (C=O) groups is 1. The summed E-state index contributed by atoms with van der Waals surface area (Å²) in [6, 6.07) is 8.06. The van der Waals surface area contributed by atoms with Gasteiger partial charge in [0.15, 0.2) is 5.16 Å². The van der Waals surface area contributed by atoms with Crippen LogP contribution in [0, 0.1) is 0 Å². The van der Waals surface area contributed by atoms with Crippen LogP contribution in [-0.4, -0.2) is 43.4 Å². The van der Waals surface area contributed by atoms with Crippen LogP contribution >= 0.6 is 11.8 Å². The van der Waals surface area contributed by atoms with Crippen LogP contribution < -0.4 is 5.32 Å². The number of carbonyl (C=O) groups excluding carboxylic acids is 1. The van der Waals surface area contributed by atoms with Gasteiger partial charge in [-0.3, -0.25) is 9.78 Å². The Bertz CT molecular complexity index is 966. The van der Waals surface area contributed by atoms with Gasteiger partial charge in [0.1, 0.15) is 11.5 Å². The number of hydrogen-bond acceptors (Lipinski definition) is 6. The van der Waals surface area contributed by atoms with E-state index in [0.29, 0.717) is 18.3 Å². The van der Waals surface area contributed by atoms with Gasteiger partial charge in [-0.1, -0.05) is 36.7 Å². The van der Waals surface area contributed by atoms with E-state index >= 15 is 0 Å². The van der Waals surface area contributed by atoms with Crippen molar-refractivity contribution in [2.45, 2.75) is 49.7 Å². The van der Waals surface area contributed by atoms with Gasteiger partial charge in [-0.15, -0.1) is 10.2 Å². The van der Waals surface area contributed by atoms with E-state index < -0.39 is 0 Å². The van der Waals surface area contributed by atoms with Gasteiger partial charge in [-0.25, -0.2) is 4.98 Å². The van der Waals surface area contributed by atoms with E-state index in [1.165, 1.54) is 31.9 Å². The molecule has 0 aliphatic heterocycles. The van der Waals surface area contributed by atoms with Crippen molar-refractivity contribution >= 4 is 28.7 Å². The van der Waals surface area contributed by atoms with E-state index in [4.69, 9.17) is 0 Å². The first kappa shape index (κ1) is 18.9. The number of amides is 1. The Kier molecular flexibility index (Phi) is 5.85. The smallest absolute Gasteiger partial charge is 0.271 e. The number of para-hydroxylation sites is 2. The van der Waals surface area contributed by atoms with Crippen LogP contribution in [0.25, 0.3) is 11.0 Å². The number of aryl methyl sites for hydroxylation is 1. The molecule has 0 saturated heterocycles. The molecular formula is C20H24N6OS. The molecule has 1 fully saturated rings. The fourth-order valence-corrected chi connectivity index (χ4v) is 4.33. The van der Waals surface area contributed by atoms with E-state index in [1.54, 1.807) is 11.8 Å². The number of benzene rings is 1. The molecule has 2 aromatic heterocycles. The summed E-state index contributed by atoms with van der Waals surface area (Å²) in [6.45, 7) is 0.569. The van der Waals surface area contributed by atoms with Crippen molar-refractivity contribution < 1.29 is 4.79 Å². The number of nitrogens with zero attached hydrogens (tertiary/aromatic N) is 5. The highest BCUT2D eigenvalue weighted by Crippen LogP contribution is 2.33. The van der Waals surface area contributed by atoms with Gasteiger partial charge < -0.3 is 9.88 Å². The molecule has 7 nitrogen and oxygen atoms in total. The topological polar surface area (TPSA) is 85.6 Å². The lowest BCUT2D eigenvalue weighted by atomic mass is 10.2. The van der Waals surface area contributed by atoms with Crippen LogP contribution in [0.15, 0.2) is 35.6 Å². The van der Waals surface area contributed by atoms with Gasteiger partial charge >= 0.3 is 0 Å². The number of thioether (sulfide) groups is 1. The molecule has 0 atom stereocenters. The molecule has 0 radical (unpaired) electrons.